The SMILES string of the molecule is COc1ccc(C(=O)c2cccc3c2oc(=O)n3C(=O)NCCCCCc2ccccc2)cc1. The van der Waals surface area contributed by atoms with Crippen molar-refractivity contribution >= 4 is 22.9 Å². The summed E-state index contributed by atoms with van der Waals surface area (Å²) in [6.07, 6.45) is 3.76. The van der Waals surface area contributed by atoms with Gasteiger partial charge >= 0.3 is 11.8 Å². The number of hydrogen-bond acceptors (Lipinski definition) is 5. The van der Waals surface area contributed by atoms with Gasteiger partial charge in [0.05, 0.1) is 12.7 Å². The van der Waals surface area contributed by atoms with Crippen LogP contribution in [0.25, 0.3) is 11.1 Å². The van der Waals surface area contributed by atoms with Gasteiger partial charge in [0.2, 0.25) is 0 Å². The van der Waals surface area contributed by atoms with Crippen LogP contribution in [0.15, 0.2) is 82.0 Å². The summed E-state index contributed by atoms with van der Waals surface area (Å²) in [5.41, 5.74) is 2.27. The molecule has 0 unspecified atom stereocenters. The van der Waals surface area contributed by atoms with Crippen LogP contribution in [-0.4, -0.2) is 30.0 Å². The molecule has 34 heavy (non-hydrogen) atoms. The van der Waals surface area contributed by atoms with Crippen LogP contribution >= 0.6 is 0 Å². The van der Waals surface area contributed by atoms with Crippen molar-refractivity contribution in [1.82, 2.24) is 9.88 Å². The number of oxazole rings is 1. The Kier molecular flexibility index (Phi) is 7.22. The predicted molar refractivity (Wildman–Crippen MR) is 130 cm³/mol. The van der Waals surface area contributed by atoms with E-state index in [0.717, 1.165) is 30.3 Å². The third-order valence-electron chi connectivity index (χ3n) is 5.67. The Hall–Kier alpha value is -4.13. The van der Waals surface area contributed by atoms with Crippen LogP contribution < -0.4 is 15.8 Å². The molecule has 1 N–H and O–H groups in total. The number of ketones is 1. The summed E-state index contributed by atoms with van der Waals surface area (Å²) < 4.78 is 11.4. The molecule has 0 saturated carbocycles. The number of ether oxygens (including phenoxy) is 1. The Morgan fingerprint density at radius 2 is 1.68 bits per heavy atom. The molecule has 0 fully saturated rings. The number of benzene rings is 3. The number of carbonyl (C=O) groups is 2. The zero-order valence-electron chi connectivity index (χ0n) is 19.0. The molecular formula is C27H26N2O5. The number of fused-ring (bicyclic) bond motifs is 1. The number of carbonyl (C=O) groups excluding carboxylic acids is 2. The number of para-hydroxylation sites is 1. The van der Waals surface area contributed by atoms with E-state index in [9.17, 15) is 14.4 Å². The Morgan fingerprint density at radius 1 is 0.912 bits per heavy atom. The molecule has 1 aromatic heterocycles. The lowest BCUT2D eigenvalue weighted by molar-refractivity contribution is 0.103. The van der Waals surface area contributed by atoms with E-state index in [1.807, 2.05) is 18.2 Å². The molecule has 7 heteroatoms. The number of unbranched alkanes of at least 4 members (excludes halogenated alkanes) is 2. The van der Waals surface area contributed by atoms with Crippen molar-refractivity contribution < 1.29 is 18.7 Å². The molecule has 0 bridgehead atoms. The number of aryl methyl sites for hydroxylation is 1. The fraction of sp³-hybridized carbons (Fsp3) is 0.222. The molecule has 0 aliphatic carbocycles. The monoisotopic (exact) mass is 458 g/mol. The molecule has 7 nitrogen and oxygen atoms in total. The molecule has 1 amide bonds. The lowest BCUT2D eigenvalue weighted by Gasteiger charge is -2.06. The van der Waals surface area contributed by atoms with Crippen LogP contribution in [0.2, 0.25) is 0 Å². The minimum Gasteiger partial charge on any atom is -0.497 e. The third-order valence-corrected chi connectivity index (χ3v) is 5.67. The van der Waals surface area contributed by atoms with Gasteiger partial charge < -0.3 is 14.5 Å². The summed E-state index contributed by atoms with van der Waals surface area (Å²) in [6, 6.07) is 21.1. The Morgan fingerprint density at radius 3 is 2.41 bits per heavy atom. The van der Waals surface area contributed by atoms with Gasteiger partial charge in [0.25, 0.3) is 0 Å². The maximum Gasteiger partial charge on any atom is 0.428 e. The average Bonchev–Trinajstić information content (AvgIpc) is 3.22. The van der Waals surface area contributed by atoms with Crippen molar-refractivity contribution in [3.05, 3.63) is 100 Å². The summed E-state index contributed by atoms with van der Waals surface area (Å²) >= 11 is 0. The summed E-state index contributed by atoms with van der Waals surface area (Å²) in [4.78, 5) is 38.2. The first-order valence-electron chi connectivity index (χ1n) is 11.2. The van der Waals surface area contributed by atoms with E-state index < -0.39 is 11.8 Å². The van der Waals surface area contributed by atoms with Crippen LogP contribution in [0.5, 0.6) is 5.75 Å². The molecule has 0 atom stereocenters. The Balaban J connectivity index is 1.41. The zero-order valence-corrected chi connectivity index (χ0v) is 19.0. The van der Waals surface area contributed by atoms with Crippen LogP contribution in [0.4, 0.5) is 4.79 Å². The van der Waals surface area contributed by atoms with Crippen molar-refractivity contribution in [2.75, 3.05) is 13.7 Å². The first-order valence-corrected chi connectivity index (χ1v) is 11.2. The fourth-order valence-electron chi connectivity index (χ4n) is 3.86. The van der Waals surface area contributed by atoms with Crippen molar-refractivity contribution in [2.24, 2.45) is 0 Å². The van der Waals surface area contributed by atoms with Crippen molar-refractivity contribution in [3.63, 3.8) is 0 Å². The van der Waals surface area contributed by atoms with Gasteiger partial charge in [-0.3, -0.25) is 4.79 Å². The van der Waals surface area contributed by atoms with E-state index in [0.29, 0.717) is 17.9 Å². The normalized spacial score (nSPS) is 10.9. The largest absolute Gasteiger partial charge is 0.497 e. The molecule has 0 radical (unpaired) electrons. The highest BCUT2D eigenvalue weighted by molar-refractivity contribution is 6.15. The standard InChI is InChI=1S/C27H26N2O5/c1-33-21-16-14-20(15-17-21)24(30)22-12-8-13-23-25(22)34-27(32)29(23)26(31)28-18-7-3-6-11-19-9-4-2-5-10-19/h2,4-5,8-10,12-17H,3,6-7,11,18H2,1H3,(H,28,31). The van der Waals surface area contributed by atoms with Crippen molar-refractivity contribution in [3.8, 4) is 5.75 Å². The van der Waals surface area contributed by atoms with Gasteiger partial charge in [-0.25, -0.2) is 9.59 Å². The number of aromatic nitrogens is 1. The van der Waals surface area contributed by atoms with Gasteiger partial charge in [-0.05, 0) is 61.2 Å². The molecule has 4 rings (SSSR count). The first-order chi connectivity index (χ1) is 16.6. The van der Waals surface area contributed by atoms with Crippen LogP contribution in [0.1, 0.15) is 40.7 Å². The highest BCUT2D eigenvalue weighted by atomic mass is 16.5. The van der Waals surface area contributed by atoms with Gasteiger partial charge in [0.15, 0.2) is 11.4 Å². The van der Waals surface area contributed by atoms with Crippen LogP contribution in [0, 0.1) is 0 Å². The smallest absolute Gasteiger partial charge is 0.428 e. The maximum absolute atomic E-state index is 13.0. The molecule has 0 aliphatic rings. The van der Waals surface area contributed by atoms with E-state index in [2.05, 4.69) is 17.4 Å². The number of hydrogen-bond donors (Lipinski definition) is 1. The Bertz CT molecular complexity index is 1340. The second kappa shape index (κ2) is 10.7. The van der Waals surface area contributed by atoms with Gasteiger partial charge in [-0.15, -0.1) is 0 Å². The van der Waals surface area contributed by atoms with Crippen LogP contribution in [0.3, 0.4) is 0 Å². The van der Waals surface area contributed by atoms with E-state index in [1.54, 1.807) is 49.6 Å². The minimum atomic E-state index is -0.827. The van der Waals surface area contributed by atoms with E-state index >= 15 is 0 Å². The topological polar surface area (TPSA) is 90.5 Å². The Labute approximate surface area is 197 Å². The quantitative estimate of drug-likeness (QED) is 0.287. The molecule has 174 valence electrons. The lowest BCUT2D eigenvalue weighted by Crippen LogP contribution is -2.34. The summed E-state index contributed by atoms with van der Waals surface area (Å²) in [6.45, 7) is 0.442. The first kappa shape index (κ1) is 23.0. The van der Waals surface area contributed by atoms with Crippen molar-refractivity contribution in [1.29, 1.82) is 0 Å². The van der Waals surface area contributed by atoms with E-state index in [-0.39, 0.29) is 22.4 Å². The molecule has 0 spiro atoms. The highest BCUT2D eigenvalue weighted by Crippen LogP contribution is 2.22. The third kappa shape index (κ3) is 5.09. The zero-order chi connectivity index (χ0) is 23.9. The van der Waals surface area contributed by atoms with E-state index in [4.69, 9.17) is 9.15 Å². The highest BCUT2D eigenvalue weighted by Gasteiger charge is 2.21. The van der Waals surface area contributed by atoms with Gasteiger partial charge in [0.1, 0.15) is 11.3 Å². The molecule has 0 saturated heterocycles. The summed E-state index contributed by atoms with van der Waals surface area (Å²) in [5, 5.41) is 2.77. The molecule has 1 heterocycles. The molecule has 3 aromatic carbocycles. The lowest BCUT2D eigenvalue weighted by atomic mass is 10.0. The molecular weight excluding hydrogens is 432 g/mol. The van der Waals surface area contributed by atoms with Crippen LogP contribution in [-0.2, 0) is 6.42 Å². The molecule has 4 aromatic rings. The van der Waals surface area contributed by atoms with Gasteiger partial charge in [-0.2, -0.15) is 4.57 Å². The number of rotatable bonds is 9. The van der Waals surface area contributed by atoms with Crippen molar-refractivity contribution in [2.45, 2.75) is 25.7 Å². The minimum absolute atomic E-state index is 0.0892. The van der Waals surface area contributed by atoms with Gasteiger partial charge in [0, 0.05) is 12.1 Å². The number of nitrogens with one attached hydrogen (secondary N) is 1. The fourth-order valence-corrected chi connectivity index (χ4v) is 3.86. The molecule has 0 aliphatic heterocycles. The van der Waals surface area contributed by atoms with Gasteiger partial charge in [-0.1, -0.05) is 42.8 Å². The second-order valence-electron chi connectivity index (χ2n) is 7.94. The number of amides is 1. The second-order valence-corrected chi connectivity index (χ2v) is 7.94. The number of methoxy groups -OCH3 is 1. The van der Waals surface area contributed by atoms with E-state index in [1.165, 1.54) is 5.56 Å². The number of nitrogens with zero attached hydrogens (tertiary/aromatic N) is 1. The predicted octanol–water partition coefficient (Wildman–Crippen LogP) is 4.80. The summed E-state index contributed by atoms with van der Waals surface area (Å²) in [7, 11) is 1.55. The average molecular weight is 459 g/mol. The summed E-state index contributed by atoms with van der Waals surface area (Å²) in [5.74, 6) is -0.510. The maximum atomic E-state index is 13.0.